The topological polar surface area (TPSA) is 18.5 Å². The number of ether oxygens (including phenoxy) is 1. The predicted octanol–water partition coefficient (Wildman–Crippen LogP) is 5.23. The lowest BCUT2D eigenvalue weighted by Crippen LogP contribution is -2.76. The summed E-state index contributed by atoms with van der Waals surface area (Å²) in [6.45, 7) is 23.2. The lowest BCUT2D eigenvalue weighted by Gasteiger charge is -2.49. The first-order valence-electron chi connectivity index (χ1n) is 11.4. The molecule has 0 amide bonds. The third kappa shape index (κ3) is 3.92. The molecule has 0 N–H and O–H groups in total. The minimum atomic E-state index is -2.66. The molecular formula is C27H40O2Si. The van der Waals surface area contributed by atoms with Gasteiger partial charge in [0.15, 0.2) is 0 Å². The van der Waals surface area contributed by atoms with Crippen molar-refractivity contribution in [3.05, 3.63) is 57.6 Å². The van der Waals surface area contributed by atoms with Crippen molar-refractivity contribution in [1.82, 2.24) is 0 Å². The molecule has 0 spiro atoms. The molecule has 2 atom stereocenters. The zero-order valence-corrected chi connectivity index (χ0v) is 21.6. The first-order chi connectivity index (χ1) is 14.0. The van der Waals surface area contributed by atoms with Crippen LogP contribution in [0.1, 0.15) is 61.1 Å². The lowest BCUT2D eigenvalue weighted by atomic mass is 10.1. The van der Waals surface area contributed by atoms with Gasteiger partial charge in [-0.25, -0.2) is 0 Å². The summed E-state index contributed by atoms with van der Waals surface area (Å²) < 4.78 is 14.2. The fourth-order valence-electron chi connectivity index (χ4n) is 5.68. The summed E-state index contributed by atoms with van der Waals surface area (Å²) in [5.74, 6) is 0.817. The van der Waals surface area contributed by atoms with Gasteiger partial charge < -0.3 is 9.16 Å². The van der Waals surface area contributed by atoms with Gasteiger partial charge in [-0.05, 0) is 86.0 Å². The average Bonchev–Trinajstić information content (AvgIpc) is 2.59. The average molecular weight is 425 g/mol. The van der Waals surface area contributed by atoms with Crippen molar-refractivity contribution in [2.24, 2.45) is 11.8 Å². The predicted molar refractivity (Wildman–Crippen MR) is 131 cm³/mol. The highest BCUT2D eigenvalue weighted by atomic mass is 28.4. The Morgan fingerprint density at radius 1 is 0.700 bits per heavy atom. The number of rotatable bonds is 4. The summed E-state index contributed by atoms with van der Waals surface area (Å²) in [4.78, 5) is 0. The SMILES string of the molecule is Cc1cc(C)c([Si]2(c3c(C)cc(C)cc3C)OC[C@@H](C(C)C)O[C@@H]2C(C)C)c(C)c1. The van der Waals surface area contributed by atoms with E-state index in [0.717, 1.165) is 0 Å². The fraction of sp³-hybridized carbons (Fsp3) is 0.556. The molecule has 0 bridgehead atoms. The van der Waals surface area contributed by atoms with Crippen molar-refractivity contribution in [1.29, 1.82) is 0 Å². The second-order valence-electron chi connectivity index (χ2n) is 10.2. The van der Waals surface area contributed by atoms with Crippen molar-refractivity contribution in [2.75, 3.05) is 6.61 Å². The van der Waals surface area contributed by atoms with E-state index in [0.29, 0.717) is 18.4 Å². The first-order valence-corrected chi connectivity index (χ1v) is 13.4. The number of aryl methyl sites for hydroxylation is 6. The molecule has 0 aliphatic carbocycles. The molecule has 1 heterocycles. The maximum Gasteiger partial charge on any atom is 0.286 e. The van der Waals surface area contributed by atoms with Gasteiger partial charge in [-0.15, -0.1) is 0 Å². The highest BCUT2D eigenvalue weighted by molar-refractivity contribution is 6.99. The summed E-state index contributed by atoms with van der Waals surface area (Å²) in [5, 5.41) is 2.84. The van der Waals surface area contributed by atoms with Crippen LogP contribution in [0.25, 0.3) is 0 Å². The molecule has 2 aromatic carbocycles. The van der Waals surface area contributed by atoms with E-state index in [-0.39, 0.29) is 11.8 Å². The summed E-state index contributed by atoms with van der Waals surface area (Å²) in [5.41, 5.74) is 8.08. The standard InChI is InChI=1S/C27H40O2Si/c1-16(2)24-15-28-30(27(29-24)17(3)4,25-20(7)11-18(5)12-21(25)8)26-22(9)13-19(6)14-23(26)10/h11-14,16-17,24,27H,15H2,1-10H3/t24-,27-/m0/s1. The third-order valence-corrected chi connectivity index (χ3v) is 11.9. The van der Waals surface area contributed by atoms with Crippen LogP contribution in [0.3, 0.4) is 0 Å². The second-order valence-corrected chi connectivity index (χ2v) is 13.5. The van der Waals surface area contributed by atoms with Gasteiger partial charge in [0.25, 0.3) is 8.32 Å². The zero-order valence-electron chi connectivity index (χ0n) is 20.6. The molecule has 3 heteroatoms. The van der Waals surface area contributed by atoms with Gasteiger partial charge in [0.2, 0.25) is 0 Å². The van der Waals surface area contributed by atoms with Crippen molar-refractivity contribution in [2.45, 2.75) is 81.1 Å². The van der Waals surface area contributed by atoms with Crippen molar-refractivity contribution >= 4 is 18.7 Å². The molecule has 1 aliphatic rings. The van der Waals surface area contributed by atoms with Gasteiger partial charge in [0.1, 0.15) is 0 Å². The fourth-order valence-corrected chi connectivity index (χ4v) is 11.3. The maximum absolute atomic E-state index is 7.20. The minimum Gasteiger partial charge on any atom is -0.403 e. The molecule has 0 unspecified atom stereocenters. The van der Waals surface area contributed by atoms with Gasteiger partial charge >= 0.3 is 0 Å². The molecular weight excluding hydrogens is 384 g/mol. The van der Waals surface area contributed by atoms with E-state index in [1.165, 1.54) is 43.8 Å². The quantitative estimate of drug-likeness (QED) is 0.626. The van der Waals surface area contributed by atoms with Crippen LogP contribution in [-0.4, -0.2) is 26.8 Å². The van der Waals surface area contributed by atoms with Crippen LogP contribution >= 0.6 is 0 Å². The Morgan fingerprint density at radius 3 is 1.43 bits per heavy atom. The molecule has 1 fully saturated rings. The molecule has 30 heavy (non-hydrogen) atoms. The maximum atomic E-state index is 7.20. The lowest BCUT2D eigenvalue weighted by molar-refractivity contribution is -0.0790. The zero-order chi connectivity index (χ0) is 22.4. The largest absolute Gasteiger partial charge is 0.403 e. The Kier molecular flexibility index (Phi) is 6.67. The van der Waals surface area contributed by atoms with Crippen LogP contribution in [-0.2, 0) is 9.16 Å². The first kappa shape index (κ1) is 23.2. The van der Waals surface area contributed by atoms with Crippen LogP contribution < -0.4 is 10.4 Å². The van der Waals surface area contributed by atoms with Crippen LogP contribution in [0.15, 0.2) is 24.3 Å². The summed E-state index contributed by atoms with van der Waals surface area (Å²) in [6.07, 6.45) is 0.148. The molecule has 2 nitrogen and oxygen atoms in total. The molecule has 3 rings (SSSR count). The summed E-state index contributed by atoms with van der Waals surface area (Å²) in [7, 11) is -2.66. The van der Waals surface area contributed by atoms with E-state index in [9.17, 15) is 0 Å². The molecule has 2 aromatic rings. The molecule has 0 saturated carbocycles. The minimum absolute atomic E-state index is 0.0823. The summed E-state index contributed by atoms with van der Waals surface area (Å²) in [6, 6.07) is 9.30. The van der Waals surface area contributed by atoms with Crippen molar-refractivity contribution in [3.63, 3.8) is 0 Å². The third-order valence-electron chi connectivity index (χ3n) is 6.64. The number of benzene rings is 2. The van der Waals surface area contributed by atoms with Gasteiger partial charge in [-0.2, -0.15) is 0 Å². The van der Waals surface area contributed by atoms with Crippen molar-refractivity contribution in [3.8, 4) is 0 Å². The van der Waals surface area contributed by atoms with Crippen LogP contribution in [0, 0.1) is 53.4 Å². The Bertz CT molecular complexity index is 825. The van der Waals surface area contributed by atoms with Gasteiger partial charge in [-0.3, -0.25) is 0 Å². The van der Waals surface area contributed by atoms with Crippen LogP contribution in [0.5, 0.6) is 0 Å². The number of hydrogen-bond acceptors (Lipinski definition) is 2. The second kappa shape index (κ2) is 8.61. The molecule has 1 aliphatic heterocycles. The molecule has 1 saturated heterocycles. The molecule has 0 radical (unpaired) electrons. The Labute approximate surface area is 185 Å². The monoisotopic (exact) mass is 424 g/mol. The summed E-state index contributed by atoms with van der Waals surface area (Å²) >= 11 is 0. The van der Waals surface area contributed by atoms with E-state index >= 15 is 0 Å². The highest BCUT2D eigenvalue weighted by Gasteiger charge is 2.56. The van der Waals surface area contributed by atoms with Crippen LogP contribution in [0.4, 0.5) is 0 Å². The number of hydrogen-bond donors (Lipinski definition) is 0. The van der Waals surface area contributed by atoms with Crippen LogP contribution in [0.2, 0.25) is 0 Å². The van der Waals surface area contributed by atoms with Gasteiger partial charge in [0, 0.05) is 0 Å². The van der Waals surface area contributed by atoms with Gasteiger partial charge in [-0.1, -0.05) is 63.1 Å². The van der Waals surface area contributed by atoms with Gasteiger partial charge in [0.05, 0.1) is 18.4 Å². The smallest absolute Gasteiger partial charge is 0.286 e. The van der Waals surface area contributed by atoms with Crippen molar-refractivity contribution < 1.29 is 9.16 Å². The molecule has 0 aromatic heterocycles. The van der Waals surface area contributed by atoms with E-state index in [4.69, 9.17) is 9.16 Å². The Hall–Kier alpha value is -1.42. The molecule has 164 valence electrons. The normalized spacial score (nSPS) is 21.5. The van der Waals surface area contributed by atoms with E-state index < -0.39 is 8.32 Å². The highest BCUT2D eigenvalue weighted by Crippen LogP contribution is 2.33. The van der Waals surface area contributed by atoms with E-state index in [1.54, 1.807) is 0 Å². The van der Waals surface area contributed by atoms with E-state index in [2.05, 4.69) is 93.5 Å². The van der Waals surface area contributed by atoms with E-state index in [1.807, 2.05) is 0 Å². The Balaban J connectivity index is 2.39. The Morgan fingerprint density at radius 2 is 1.10 bits per heavy atom.